The van der Waals surface area contributed by atoms with Crippen LogP contribution in [-0.2, 0) is 4.79 Å². The van der Waals surface area contributed by atoms with Crippen LogP contribution in [0, 0.1) is 0 Å². The molecule has 13 heavy (non-hydrogen) atoms. The van der Waals surface area contributed by atoms with Gasteiger partial charge >= 0.3 is 0 Å². The van der Waals surface area contributed by atoms with Crippen LogP contribution >= 0.6 is 11.6 Å². The lowest BCUT2D eigenvalue weighted by atomic mass is 10.2. The number of benzene rings is 1. The third-order valence-electron chi connectivity index (χ3n) is 1.40. The first kappa shape index (κ1) is 9.74. The van der Waals surface area contributed by atoms with Crippen molar-refractivity contribution >= 4 is 23.6 Å². The van der Waals surface area contributed by atoms with E-state index in [-0.39, 0.29) is 0 Å². The van der Waals surface area contributed by atoms with Crippen LogP contribution < -0.4 is 5.73 Å². The van der Waals surface area contributed by atoms with Crippen molar-refractivity contribution in [2.24, 2.45) is 5.73 Å². The van der Waals surface area contributed by atoms with Gasteiger partial charge in [0.25, 0.3) is 5.91 Å². The molecule has 0 spiro atoms. The smallest absolute Gasteiger partial charge is 0.277 e. The first-order valence-corrected chi connectivity index (χ1v) is 3.90. The average molecular weight is 200 g/mol. The van der Waals surface area contributed by atoms with Crippen molar-refractivity contribution in [1.29, 1.82) is 0 Å². The van der Waals surface area contributed by atoms with Crippen LogP contribution in [0.25, 0.3) is 6.08 Å². The van der Waals surface area contributed by atoms with Gasteiger partial charge in [-0.3, -0.25) is 4.79 Å². The predicted octanol–water partition coefficient (Wildman–Crippen LogP) is 2.14. The normalized spacial score (nSPS) is 11.4. The molecule has 0 saturated carbocycles. The van der Waals surface area contributed by atoms with Crippen molar-refractivity contribution < 1.29 is 9.18 Å². The minimum atomic E-state index is -1.07. The molecule has 0 aliphatic carbocycles. The van der Waals surface area contributed by atoms with Gasteiger partial charge in [-0.15, -0.1) is 0 Å². The second-order valence-electron chi connectivity index (χ2n) is 2.41. The van der Waals surface area contributed by atoms with Crippen molar-refractivity contribution in [3.63, 3.8) is 0 Å². The summed E-state index contributed by atoms with van der Waals surface area (Å²) in [4.78, 5) is 10.3. The SMILES string of the molecule is NC(=O)/C(F)=C/c1ccc(Cl)cc1. The van der Waals surface area contributed by atoms with E-state index < -0.39 is 11.7 Å². The second-order valence-corrected chi connectivity index (χ2v) is 2.84. The van der Waals surface area contributed by atoms with Crippen molar-refractivity contribution in [2.45, 2.75) is 0 Å². The molecule has 0 aliphatic rings. The van der Waals surface area contributed by atoms with Gasteiger partial charge in [0.2, 0.25) is 0 Å². The van der Waals surface area contributed by atoms with E-state index in [0.29, 0.717) is 10.6 Å². The minimum absolute atomic E-state index is 0.542. The summed E-state index contributed by atoms with van der Waals surface area (Å²) in [5.74, 6) is -2.04. The fourth-order valence-corrected chi connectivity index (χ4v) is 0.902. The molecular formula is C9H7ClFNO. The van der Waals surface area contributed by atoms with Gasteiger partial charge in [-0.25, -0.2) is 4.39 Å². The Bertz CT molecular complexity index is 345. The van der Waals surface area contributed by atoms with Crippen LogP contribution in [0.4, 0.5) is 4.39 Å². The molecule has 2 N–H and O–H groups in total. The summed E-state index contributed by atoms with van der Waals surface area (Å²) >= 11 is 5.60. The Labute approximate surface area is 79.8 Å². The molecular weight excluding hydrogens is 193 g/mol. The van der Waals surface area contributed by atoms with Gasteiger partial charge in [-0.1, -0.05) is 23.7 Å². The first-order valence-electron chi connectivity index (χ1n) is 3.52. The number of hydrogen-bond acceptors (Lipinski definition) is 1. The number of carbonyl (C=O) groups is 1. The van der Waals surface area contributed by atoms with Crippen LogP contribution in [-0.4, -0.2) is 5.91 Å². The highest BCUT2D eigenvalue weighted by atomic mass is 35.5. The van der Waals surface area contributed by atoms with Gasteiger partial charge in [0.05, 0.1) is 0 Å². The monoisotopic (exact) mass is 199 g/mol. The van der Waals surface area contributed by atoms with Crippen LogP contribution in [0.5, 0.6) is 0 Å². The summed E-state index contributed by atoms with van der Waals surface area (Å²) < 4.78 is 12.7. The Morgan fingerprint density at radius 3 is 2.38 bits per heavy atom. The van der Waals surface area contributed by atoms with E-state index in [1.165, 1.54) is 0 Å². The molecule has 0 fully saturated rings. The maximum Gasteiger partial charge on any atom is 0.277 e. The maximum absolute atomic E-state index is 12.7. The average Bonchev–Trinajstić information content (AvgIpc) is 2.08. The number of rotatable bonds is 2. The lowest BCUT2D eigenvalue weighted by Gasteiger charge is -1.93. The number of carbonyl (C=O) groups excluding carboxylic acids is 1. The standard InChI is InChI=1S/C9H7ClFNO/c10-7-3-1-6(2-4-7)5-8(11)9(12)13/h1-5H,(H2,12,13)/b8-5-. The third-order valence-corrected chi connectivity index (χ3v) is 1.65. The number of primary amides is 1. The summed E-state index contributed by atoms with van der Waals surface area (Å²) in [7, 11) is 0. The Morgan fingerprint density at radius 2 is 1.92 bits per heavy atom. The summed E-state index contributed by atoms with van der Waals surface area (Å²) in [6, 6.07) is 6.37. The molecule has 0 heterocycles. The number of nitrogens with two attached hydrogens (primary N) is 1. The van der Waals surface area contributed by atoms with E-state index in [1.807, 2.05) is 0 Å². The largest absolute Gasteiger partial charge is 0.364 e. The zero-order chi connectivity index (χ0) is 9.84. The number of hydrogen-bond donors (Lipinski definition) is 1. The Balaban J connectivity index is 2.92. The zero-order valence-electron chi connectivity index (χ0n) is 6.63. The van der Waals surface area contributed by atoms with Gasteiger partial charge in [0.1, 0.15) is 0 Å². The van der Waals surface area contributed by atoms with E-state index in [2.05, 4.69) is 0 Å². The fourth-order valence-electron chi connectivity index (χ4n) is 0.776. The van der Waals surface area contributed by atoms with Crippen LogP contribution in [0.3, 0.4) is 0 Å². The second kappa shape index (κ2) is 4.05. The fraction of sp³-hybridized carbons (Fsp3) is 0. The van der Waals surface area contributed by atoms with Gasteiger partial charge in [-0.05, 0) is 23.8 Å². The topological polar surface area (TPSA) is 43.1 Å². The number of amides is 1. The summed E-state index contributed by atoms with van der Waals surface area (Å²) in [6.45, 7) is 0. The van der Waals surface area contributed by atoms with Gasteiger partial charge in [0, 0.05) is 5.02 Å². The van der Waals surface area contributed by atoms with E-state index in [0.717, 1.165) is 6.08 Å². The van der Waals surface area contributed by atoms with Gasteiger partial charge < -0.3 is 5.73 Å². The number of halogens is 2. The van der Waals surface area contributed by atoms with Crippen molar-refractivity contribution in [3.8, 4) is 0 Å². The van der Waals surface area contributed by atoms with E-state index in [1.54, 1.807) is 24.3 Å². The highest BCUT2D eigenvalue weighted by Gasteiger charge is 2.01. The molecule has 0 bridgehead atoms. The lowest BCUT2D eigenvalue weighted by Crippen LogP contribution is -2.10. The molecule has 0 aliphatic heterocycles. The molecule has 0 aromatic heterocycles. The molecule has 4 heteroatoms. The van der Waals surface area contributed by atoms with Crippen LogP contribution in [0.1, 0.15) is 5.56 Å². The summed E-state index contributed by atoms with van der Waals surface area (Å²) in [5.41, 5.74) is 5.25. The van der Waals surface area contributed by atoms with E-state index >= 15 is 0 Å². The highest BCUT2D eigenvalue weighted by molar-refractivity contribution is 6.30. The molecule has 1 aromatic carbocycles. The molecule has 0 atom stereocenters. The molecule has 2 nitrogen and oxygen atoms in total. The maximum atomic E-state index is 12.7. The van der Waals surface area contributed by atoms with Crippen molar-refractivity contribution in [1.82, 2.24) is 0 Å². The summed E-state index contributed by atoms with van der Waals surface area (Å²) in [5, 5.41) is 0.552. The zero-order valence-corrected chi connectivity index (χ0v) is 7.38. The summed E-state index contributed by atoms with van der Waals surface area (Å²) in [6.07, 6.45) is 1.05. The molecule has 0 saturated heterocycles. The van der Waals surface area contributed by atoms with Crippen molar-refractivity contribution in [2.75, 3.05) is 0 Å². The molecule has 0 radical (unpaired) electrons. The highest BCUT2D eigenvalue weighted by Crippen LogP contribution is 2.12. The van der Waals surface area contributed by atoms with E-state index in [4.69, 9.17) is 17.3 Å². The van der Waals surface area contributed by atoms with Gasteiger partial charge in [-0.2, -0.15) is 0 Å². The molecule has 1 amide bonds. The Morgan fingerprint density at radius 1 is 1.38 bits per heavy atom. The van der Waals surface area contributed by atoms with Crippen LogP contribution in [0.15, 0.2) is 30.1 Å². The molecule has 1 rings (SSSR count). The van der Waals surface area contributed by atoms with Crippen molar-refractivity contribution in [3.05, 3.63) is 40.7 Å². The first-order chi connectivity index (χ1) is 6.09. The quantitative estimate of drug-likeness (QED) is 0.729. The Hall–Kier alpha value is -1.35. The van der Waals surface area contributed by atoms with Gasteiger partial charge in [0.15, 0.2) is 5.83 Å². The molecule has 0 unspecified atom stereocenters. The third kappa shape index (κ3) is 2.87. The predicted molar refractivity (Wildman–Crippen MR) is 49.7 cm³/mol. The Kier molecular flexibility index (Phi) is 3.03. The minimum Gasteiger partial charge on any atom is -0.364 e. The molecule has 68 valence electrons. The molecule has 1 aromatic rings. The van der Waals surface area contributed by atoms with E-state index in [9.17, 15) is 9.18 Å². The van der Waals surface area contributed by atoms with Crippen LogP contribution in [0.2, 0.25) is 5.02 Å². The lowest BCUT2D eigenvalue weighted by molar-refractivity contribution is -0.115.